The van der Waals surface area contributed by atoms with Gasteiger partial charge in [-0.15, -0.1) is 0 Å². The van der Waals surface area contributed by atoms with Crippen molar-refractivity contribution in [2.24, 2.45) is 0 Å². The number of ketones is 1. The van der Waals surface area contributed by atoms with Crippen molar-refractivity contribution in [2.45, 2.75) is 13.8 Å². The Morgan fingerprint density at radius 2 is 2.07 bits per heavy atom. The van der Waals surface area contributed by atoms with E-state index in [-0.39, 0.29) is 11.5 Å². The summed E-state index contributed by atoms with van der Waals surface area (Å²) in [7, 11) is 0. The molecule has 0 saturated carbocycles. The molecule has 0 spiro atoms. The Hall–Kier alpha value is -1.23. The predicted molar refractivity (Wildman–Crippen MR) is 55.5 cm³/mol. The van der Waals surface area contributed by atoms with Gasteiger partial charge in [-0.1, -0.05) is 0 Å². The number of rotatable bonds is 2. The molecule has 0 unspecified atom stereocenters. The van der Waals surface area contributed by atoms with Crippen LogP contribution in [0.15, 0.2) is 16.6 Å². The zero-order valence-corrected chi connectivity index (χ0v) is 9.29. The minimum Gasteiger partial charge on any atom is -0.294 e. The minimum atomic E-state index is -0.468. The van der Waals surface area contributed by atoms with Crippen molar-refractivity contribution in [2.75, 3.05) is 0 Å². The molecule has 0 saturated heterocycles. The fourth-order valence-electron chi connectivity index (χ4n) is 1.14. The second-order valence-electron chi connectivity index (χ2n) is 2.88. The molecule has 0 fully saturated rings. The summed E-state index contributed by atoms with van der Waals surface area (Å²) in [5.41, 5.74) is 0.956. The number of carbonyl (C=O) groups excluding carboxylic acids is 1. The van der Waals surface area contributed by atoms with Crippen LogP contribution in [0.3, 0.4) is 0 Å². The van der Waals surface area contributed by atoms with Crippen LogP contribution in [0.2, 0.25) is 0 Å². The zero-order chi connectivity index (χ0) is 10.9. The summed E-state index contributed by atoms with van der Waals surface area (Å²) < 4.78 is 0.499. The fourth-order valence-corrected chi connectivity index (χ4v) is 1.76. The Kier molecular flexibility index (Phi) is 3.00. The van der Waals surface area contributed by atoms with Crippen molar-refractivity contribution >= 4 is 27.4 Å². The first-order valence-electron chi connectivity index (χ1n) is 3.89. The highest BCUT2D eigenvalue weighted by Crippen LogP contribution is 2.29. The minimum absolute atomic E-state index is 0.0156. The molecule has 0 heterocycles. The lowest BCUT2D eigenvalue weighted by Crippen LogP contribution is -1.99. The Balaban J connectivity index is 3.41. The second kappa shape index (κ2) is 3.88. The van der Waals surface area contributed by atoms with Crippen molar-refractivity contribution in [1.82, 2.24) is 0 Å². The molecule has 1 rings (SSSR count). The second-order valence-corrected chi connectivity index (χ2v) is 3.68. The zero-order valence-electron chi connectivity index (χ0n) is 7.70. The lowest BCUT2D eigenvalue weighted by atomic mass is 10.1. The van der Waals surface area contributed by atoms with Gasteiger partial charge in [0.15, 0.2) is 5.78 Å². The smallest absolute Gasteiger partial charge is 0.273 e. The molecular weight excluding hydrogens is 250 g/mol. The van der Waals surface area contributed by atoms with Gasteiger partial charge < -0.3 is 0 Å². The van der Waals surface area contributed by atoms with Crippen LogP contribution in [-0.2, 0) is 0 Å². The number of carbonyl (C=O) groups is 1. The van der Waals surface area contributed by atoms with Gasteiger partial charge in [0.05, 0.1) is 4.92 Å². The third kappa shape index (κ3) is 1.82. The number of hydrogen-bond donors (Lipinski definition) is 0. The maximum Gasteiger partial charge on any atom is 0.273 e. The highest BCUT2D eigenvalue weighted by molar-refractivity contribution is 9.10. The highest BCUT2D eigenvalue weighted by atomic mass is 79.9. The number of hydrogen-bond acceptors (Lipinski definition) is 3. The molecular formula is C9H8BrNO3. The molecule has 0 N–H and O–H groups in total. The van der Waals surface area contributed by atoms with Crippen LogP contribution in [0.4, 0.5) is 5.69 Å². The third-order valence-corrected chi connectivity index (χ3v) is 2.96. The van der Waals surface area contributed by atoms with Crippen LogP contribution in [0.25, 0.3) is 0 Å². The molecule has 0 aliphatic heterocycles. The van der Waals surface area contributed by atoms with Gasteiger partial charge in [-0.2, -0.15) is 0 Å². The molecule has 1 aromatic rings. The van der Waals surface area contributed by atoms with Crippen molar-refractivity contribution in [1.29, 1.82) is 0 Å². The van der Waals surface area contributed by atoms with Gasteiger partial charge in [0, 0.05) is 21.7 Å². The van der Waals surface area contributed by atoms with Crippen LogP contribution < -0.4 is 0 Å². The van der Waals surface area contributed by atoms with Crippen molar-refractivity contribution < 1.29 is 9.72 Å². The standard InChI is InChI=1S/C9H8BrNO3/c1-5-8(11(13)14)4-3-7(6(2)12)9(5)10/h3-4H,1-2H3. The molecule has 4 nitrogen and oxygen atoms in total. The maximum atomic E-state index is 11.1. The first-order chi connectivity index (χ1) is 6.45. The van der Waals surface area contributed by atoms with Crippen LogP contribution >= 0.6 is 15.9 Å². The largest absolute Gasteiger partial charge is 0.294 e. The molecule has 14 heavy (non-hydrogen) atoms. The van der Waals surface area contributed by atoms with Gasteiger partial charge in [0.25, 0.3) is 5.69 Å². The Morgan fingerprint density at radius 3 is 2.50 bits per heavy atom. The van der Waals surface area contributed by atoms with Gasteiger partial charge in [-0.25, -0.2) is 0 Å². The Morgan fingerprint density at radius 1 is 1.50 bits per heavy atom. The molecule has 0 atom stereocenters. The van der Waals surface area contributed by atoms with Crippen molar-refractivity contribution in [3.63, 3.8) is 0 Å². The summed E-state index contributed by atoms with van der Waals surface area (Å²) in [5, 5.41) is 10.6. The van der Waals surface area contributed by atoms with Crippen molar-refractivity contribution in [3.05, 3.63) is 37.8 Å². The average molecular weight is 258 g/mol. The van der Waals surface area contributed by atoms with Crippen LogP contribution in [0.5, 0.6) is 0 Å². The normalized spacial score (nSPS) is 9.93. The first kappa shape index (κ1) is 10.8. The van der Waals surface area contributed by atoms with Crippen LogP contribution in [-0.4, -0.2) is 10.7 Å². The molecule has 0 bridgehead atoms. The summed E-state index contributed by atoms with van der Waals surface area (Å²) in [5.74, 6) is -0.116. The average Bonchev–Trinajstić information content (AvgIpc) is 2.08. The third-order valence-electron chi connectivity index (χ3n) is 1.93. The SMILES string of the molecule is CC(=O)c1ccc([N+](=O)[O-])c(C)c1Br. The van der Waals surface area contributed by atoms with Gasteiger partial charge in [-0.05, 0) is 35.8 Å². The predicted octanol–water partition coefficient (Wildman–Crippen LogP) is 2.87. The van der Waals surface area contributed by atoms with E-state index >= 15 is 0 Å². The van der Waals surface area contributed by atoms with Gasteiger partial charge in [0.2, 0.25) is 0 Å². The molecule has 0 radical (unpaired) electrons. The number of benzene rings is 1. The van der Waals surface area contributed by atoms with Crippen molar-refractivity contribution in [3.8, 4) is 0 Å². The highest BCUT2D eigenvalue weighted by Gasteiger charge is 2.17. The van der Waals surface area contributed by atoms with Crippen LogP contribution in [0, 0.1) is 17.0 Å². The molecule has 0 amide bonds. The van der Waals surface area contributed by atoms with Gasteiger partial charge in [0.1, 0.15) is 0 Å². The first-order valence-corrected chi connectivity index (χ1v) is 4.69. The number of halogens is 1. The maximum absolute atomic E-state index is 11.1. The van der Waals surface area contributed by atoms with E-state index in [4.69, 9.17) is 0 Å². The van der Waals surface area contributed by atoms with E-state index in [1.807, 2.05) is 0 Å². The van der Waals surface area contributed by atoms with Crippen LogP contribution in [0.1, 0.15) is 22.8 Å². The molecule has 0 aliphatic rings. The number of nitrogens with zero attached hydrogens (tertiary/aromatic N) is 1. The topological polar surface area (TPSA) is 60.2 Å². The molecule has 0 aromatic heterocycles. The fraction of sp³-hybridized carbons (Fsp3) is 0.222. The number of nitro groups is 1. The Labute approximate surface area is 89.2 Å². The molecule has 1 aromatic carbocycles. The van der Waals surface area contributed by atoms with Gasteiger partial charge in [-0.3, -0.25) is 14.9 Å². The van der Waals surface area contributed by atoms with Gasteiger partial charge >= 0.3 is 0 Å². The molecule has 5 heteroatoms. The van der Waals surface area contributed by atoms with E-state index in [1.165, 1.54) is 19.1 Å². The number of nitro benzene ring substituents is 1. The van der Waals surface area contributed by atoms with E-state index in [0.29, 0.717) is 15.6 Å². The van der Waals surface area contributed by atoms with E-state index in [2.05, 4.69) is 15.9 Å². The molecule has 74 valence electrons. The van der Waals surface area contributed by atoms with E-state index in [9.17, 15) is 14.9 Å². The number of Topliss-reactive ketones (excluding diaryl/α,β-unsaturated/α-hetero) is 1. The lowest BCUT2D eigenvalue weighted by molar-refractivity contribution is -0.385. The monoisotopic (exact) mass is 257 g/mol. The summed E-state index contributed by atoms with van der Waals surface area (Å²) in [6, 6.07) is 2.80. The summed E-state index contributed by atoms with van der Waals surface area (Å²) in [6.45, 7) is 3.03. The summed E-state index contributed by atoms with van der Waals surface area (Å²) in [6.07, 6.45) is 0. The summed E-state index contributed by atoms with van der Waals surface area (Å²) >= 11 is 3.17. The lowest BCUT2D eigenvalue weighted by Gasteiger charge is -2.04. The summed E-state index contributed by atoms with van der Waals surface area (Å²) in [4.78, 5) is 21.2. The quantitative estimate of drug-likeness (QED) is 0.465. The van der Waals surface area contributed by atoms with E-state index in [0.717, 1.165) is 0 Å². The Bertz CT molecular complexity index is 376. The van der Waals surface area contributed by atoms with E-state index in [1.54, 1.807) is 6.92 Å². The van der Waals surface area contributed by atoms with E-state index < -0.39 is 4.92 Å². The molecule has 0 aliphatic carbocycles.